The van der Waals surface area contributed by atoms with Crippen molar-refractivity contribution in [2.45, 2.75) is 38.3 Å². The second-order valence-electron chi connectivity index (χ2n) is 6.95. The zero-order valence-corrected chi connectivity index (χ0v) is 14.3. The third kappa shape index (κ3) is 2.79. The number of aromatic nitrogens is 3. The maximum absolute atomic E-state index is 13.0. The molecule has 2 heterocycles. The highest BCUT2D eigenvalue weighted by Crippen LogP contribution is 2.37. The molecular formula is C19H18FN3O3. The van der Waals surface area contributed by atoms with Gasteiger partial charge in [0.1, 0.15) is 11.5 Å². The van der Waals surface area contributed by atoms with E-state index in [9.17, 15) is 14.0 Å². The lowest BCUT2D eigenvalue weighted by Gasteiger charge is -2.39. The summed E-state index contributed by atoms with van der Waals surface area (Å²) < 4.78 is 21.1. The predicted molar refractivity (Wildman–Crippen MR) is 93.5 cm³/mol. The quantitative estimate of drug-likeness (QED) is 0.675. The second-order valence-corrected chi connectivity index (χ2v) is 6.95. The first-order valence-corrected chi connectivity index (χ1v) is 8.50. The van der Waals surface area contributed by atoms with Gasteiger partial charge in [0.2, 0.25) is 0 Å². The molecule has 0 N–H and O–H groups in total. The minimum atomic E-state index is -0.577. The monoisotopic (exact) mass is 355 g/mol. The highest BCUT2D eigenvalue weighted by Gasteiger charge is 2.34. The number of rotatable bonds is 4. The van der Waals surface area contributed by atoms with Crippen LogP contribution >= 0.6 is 0 Å². The van der Waals surface area contributed by atoms with Gasteiger partial charge in [-0.05, 0) is 50.5 Å². The lowest BCUT2D eigenvalue weighted by atomic mass is 9.78. The van der Waals surface area contributed by atoms with E-state index >= 15 is 0 Å². The number of hydrogen-bond donors (Lipinski definition) is 0. The van der Waals surface area contributed by atoms with Crippen LogP contribution in [0.5, 0.6) is 0 Å². The summed E-state index contributed by atoms with van der Waals surface area (Å²) in [7, 11) is 0. The molecule has 1 aliphatic carbocycles. The fraction of sp³-hybridized carbons (Fsp3) is 0.316. The van der Waals surface area contributed by atoms with Crippen LogP contribution in [0.3, 0.4) is 0 Å². The van der Waals surface area contributed by atoms with E-state index in [0.29, 0.717) is 17.0 Å². The SMILES string of the molecule is CC1(n2ccn(Cc3cc(-c4ccc(F)cc4)on3)c(=O)c2=O)CCC1. The van der Waals surface area contributed by atoms with Crippen LogP contribution in [0.4, 0.5) is 4.39 Å². The number of benzene rings is 1. The van der Waals surface area contributed by atoms with Crippen LogP contribution in [0.15, 0.2) is 56.8 Å². The first-order chi connectivity index (χ1) is 12.5. The molecule has 1 aliphatic rings. The van der Waals surface area contributed by atoms with Crippen LogP contribution in [0.1, 0.15) is 31.9 Å². The second kappa shape index (κ2) is 6.09. The topological polar surface area (TPSA) is 70.0 Å². The molecule has 0 spiro atoms. The molecule has 2 aromatic heterocycles. The Labute approximate surface area is 148 Å². The largest absolute Gasteiger partial charge is 0.356 e. The van der Waals surface area contributed by atoms with E-state index in [2.05, 4.69) is 5.16 Å². The van der Waals surface area contributed by atoms with Gasteiger partial charge in [0.15, 0.2) is 5.76 Å². The molecule has 4 rings (SSSR count). The van der Waals surface area contributed by atoms with E-state index in [1.807, 2.05) is 6.92 Å². The zero-order valence-electron chi connectivity index (χ0n) is 14.3. The maximum Gasteiger partial charge on any atom is 0.316 e. The molecule has 0 aliphatic heterocycles. The van der Waals surface area contributed by atoms with Crippen LogP contribution in [-0.2, 0) is 12.1 Å². The molecule has 0 saturated heterocycles. The van der Waals surface area contributed by atoms with Gasteiger partial charge in [0, 0.05) is 29.6 Å². The Morgan fingerprint density at radius 2 is 1.88 bits per heavy atom. The molecule has 26 heavy (non-hydrogen) atoms. The van der Waals surface area contributed by atoms with Crippen molar-refractivity contribution in [1.82, 2.24) is 14.3 Å². The summed E-state index contributed by atoms with van der Waals surface area (Å²) in [6.45, 7) is 2.13. The Balaban J connectivity index is 1.60. The minimum absolute atomic E-state index is 0.135. The van der Waals surface area contributed by atoms with Crippen LogP contribution in [0.2, 0.25) is 0 Å². The smallest absolute Gasteiger partial charge is 0.316 e. The van der Waals surface area contributed by atoms with E-state index in [1.54, 1.807) is 35.2 Å². The Hall–Kier alpha value is -2.96. The molecule has 0 atom stereocenters. The Morgan fingerprint density at radius 3 is 2.54 bits per heavy atom. The van der Waals surface area contributed by atoms with E-state index < -0.39 is 11.1 Å². The van der Waals surface area contributed by atoms with E-state index in [-0.39, 0.29) is 17.9 Å². The number of halogens is 1. The molecule has 1 aromatic carbocycles. The molecule has 7 heteroatoms. The van der Waals surface area contributed by atoms with Gasteiger partial charge in [-0.15, -0.1) is 0 Å². The molecule has 1 fully saturated rings. The van der Waals surface area contributed by atoms with Gasteiger partial charge in [-0.2, -0.15) is 0 Å². The molecule has 1 saturated carbocycles. The van der Waals surface area contributed by atoms with Crippen molar-refractivity contribution in [2.24, 2.45) is 0 Å². The third-order valence-corrected chi connectivity index (χ3v) is 5.09. The summed E-state index contributed by atoms with van der Waals surface area (Å²) in [5.41, 5.74) is -0.146. The summed E-state index contributed by atoms with van der Waals surface area (Å²) in [5, 5.41) is 3.94. The van der Waals surface area contributed by atoms with Gasteiger partial charge < -0.3 is 13.7 Å². The van der Waals surface area contributed by atoms with Crippen molar-refractivity contribution in [1.29, 1.82) is 0 Å². The normalized spacial score (nSPS) is 15.6. The van der Waals surface area contributed by atoms with E-state index in [1.165, 1.54) is 16.7 Å². The van der Waals surface area contributed by atoms with Crippen LogP contribution in [-0.4, -0.2) is 14.3 Å². The van der Waals surface area contributed by atoms with Crippen LogP contribution in [0, 0.1) is 5.82 Å². The molecule has 6 nitrogen and oxygen atoms in total. The summed E-state index contributed by atoms with van der Waals surface area (Å²) in [4.78, 5) is 24.9. The standard InChI is InChI=1S/C19H18FN3O3/c1-19(7-2-8-19)23-10-9-22(17(24)18(23)25)12-15-11-16(26-21-15)13-3-5-14(20)6-4-13/h3-6,9-11H,2,7-8,12H2,1H3. The van der Waals surface area contributed by atoms with Gasteiger partial charge in [0.05, 0.1) is 6.54 Å². The minimum Gasteiger partial charge on any atom is -0.356 e. The van der Waals surface area contributed by atoms with Crippen molar-refractivity contribution in [3.05, 3.63) is 74.9 Å². The van der Waals surface area contributed by atoms with Crippen molar-refractivity contribution in [2.75, 3.05) is 0 Å². The Bertz CT molecular complexity index is 1060. The van der Waals surface area contributed by atoms with Gasteiger partial charge in [-0.25, -0.2) is 4.39 Å². The molecule has 0 bridgehead atoms. The Morgan fingerprint density at radius 1 is 1.15 bits per heavy atom. The molecule has 0 radical (unpaired) electrons. The Kier molecular flexibility index (Phi) is 3.86. The zero-order chi connectivity index (χ0) is 18.3. The van der Waals surface area contributed by atoms with Crippen molar-refractivity contribution >= 4 is 0 Å². The average molecular weight is 355 g/mol. The summed E-state index contributed by atoms with van der Waals surface area (Å²) in [6, 6.07) is 7.53. The molecular weight excluding hydrogens is 337 g/mol. The first-order valence-electron chi connectivity index (χ1n) is 8.50. The first kappa shape index (κ1) is 16.5. The molecule has 3 aromatic rings. The lowest BCUT2D eigenvalue weighted by molar-refractivity contribution is 0.161. The van der Waals surface area contributed by atoms with Crippen molar-refractivity contribution < 1.29 is 8.91 Å². The maximum atomic E-state index is 13.0. The van der Waals surface area contributed by atoms with Gasteiger partial charge in [-0.3, -0.25) is 9.59 Å². The highest BCUT2D eigenvalue weighted by molar-refractivity contribution is 5.57. The fourth-order valence-electron chi connectivity index (χ4n) is 3.30. The van der Waals surface area contributed by atoms with Crippen LogP contribution < -0.4 is 11.1 Å². The summed E-state index contributed by atoms with van der Waals surface area (Å²) in [6.07, 6.45) is 6.15. The molecule has 134 valence electrons. The summed E-state index contributed by atoms with van der Waals surface area (Å²) >= 11 is 0. The number of nitrogens with zero attached hydrogens (tertiary/aromatic N) is 3. The van der Waals surface area contributed by atoms with Crippen molar-refractivity contribution in [3.63, 3.8) is 0 Å². The summed E-state index contributed by atoms with van der Waals surface area (Å²) in [5.74, 6) is 0.143. The van der Waals surface area contributed by atoms with Crippen molar-refractivity contribution in [3.8, 4) is 11.3 Å². The van der Waals surface area contributed by atoms with Gasteiger partial charge >= 0.3 is 11.1 Å². The number of hydrogen-bond acceptors (Lipinski definition) is 4. The van der Waals surface area contributed by atoms with E-state index in [0.717, 1.165) is 19.3 Å². The highest BCUT2D eigenvalue weighted by atomic mass is 19.1. The molecule has 0 amide bonds. The molecule has 0 unspecified atom stereocenters. The third-order valence-electron chi connectivity index (χ3n) is 5.09. The van der Waals surface area contributed by atoms with Gasteiger partial charge in [0.25, 0.3) is 0 Å². The average Bonchev–Trinajstić information content (AvgIpc) is 3.06. The van der Waals surface area contributed by atoms with Crippen LogP contribution in [0.25, 0.3) is 11.3 Å². The van der Waals surface area contributed by atoms with E-state index in [4.69, 9.17) is 4.52 Å². The lowest BCUT2D eigenvalue weighted by Crippen LogP contribution is -2.50. The predicted octanol–water partition coefficient (Wildman–Crippen LogP) is 2.75. The van der Waals surface area contributed by atoms with Gasteiger partial charge in [-0.1, -0.05) is 5.16 Å². The fourth-order valence-corrected chi connectivity index (χ4v) is 3.30.